The number of rotatable bonds is 8. The van der Waals surface area contributed by atoms with Gasteiger partial charge in [0.25, 0.3) is 10.0 Å². The molecule has 0 unspecified atom stereocenters. The van der Waals surface area contributed by atoms with E-state index < -0.39 is 34.2 Å². The first kappa shape index (κ1) is 21.7. The second-order valence-corrected chi connectivity index (χ2v) is 7.94. The van der Waals surface area contributed by atoms with Crippen LogP contribution in [0, 0.1) is 0 Å². The number of carbonyl (C=O) groups excluding carboxylic acids is 1. The molecule has 1 amide bonds. The zero-order valence-corrected chi connectivity index (χ0v) is 16.1. The lowest BCUT2D eigenvalue weighted by molar-refractivity contribution is -0.137. The first-order valence-corrected chi connectivity index (χ1v) is 10.1. The molecule has 9 heteroatoms. The average Bonchev–Trinajstić information content (AvgIpc) is 2.66. The molecule has 0 spiro atoms. The fraction of sp³-hybridized carbons (Fsp3) is 0.316. The van der Waals surface area contributed by atoms with Gasteiger partial charge in [-0.2, -0.15) is 13.2 Å². The molecule has 0 radical (unpaired) electrons. The molecule has 2 rings (SSSR count). The summed E-state index contributed by atoms with van der Waals surface area (Å²) in [5, 5.41) is 2.58. The highest BCUT2D eigenvalue weighted by molar-refractivity contribution is 7.92. The Morgan fingerprint density at radius 2 is 1.75 bits per heavy atom. The Labute approximate surface area is 162 Å². The number of hydrogen-bond acceptors (Lipinski definition) is 3. The summed E-state index contributed by atoms with van der Waals surface area (Å²) >= 11 is 0. The molecule has 2 aromatic rings. The lowest BCUT2D eigenvalue weighted by Gasteiger charge is -2.25. The van der Waals surface area contributed by atoms with Crippen LogP contribution in [0.2, 0.25) is 0 Å². The molecule has 0 atom stereocenters. The molecular weight excluding hydrogens is 393 g/mol. The van der Waals surface area contributed by atoms with Gasteiger partial charge in [-0.3, -0.25) is 9.10 Å². The number of sulfonamides is 1. The summed E-state index contributed by atoms with van der Waals surface area (Å²) < 4.78 is 66.0. The first-order chi connectivity index (χ1) is 13.2. The normalized spacial score (nSPS) is 11.9. The van der Waals surface area contributed by atoms with Gasteiger partial charge < -0.3 is 5.32 Å². The van der Waals surface area contributed by atoms with Gasteiger partial charge in [-0.25, -0.2) is 8.42 Å². The van der Waals surface area contributed by atoms with Gasteiger partial charge in [0.05, 0.1) is 16.1 Å². The van der Waals surface area contributed by atoms with E-state index in [4.69, 9.17) is 0 Å². The highest BCUT2D eigenvalue weighted by Gasteiger charge is 2.33. The minimum absolute atomic E-state index is 0.117. The maximum atomic E-state index is 13.1. The van der Waals surface area contributed by atoms with Crippen molar-refractivity contribution in [3.05, 3.63) is 60.2 Å². The van der Waals surface area contributed by atoms with Gasteiger partial charge in [0.15, 0.2) is 0 Å². The minimum Gasteiger partial charge on any atom is -0.355 e. The Hall–Kier alpha value is -2.55. The maximum absolute atomic E-state index is 13.1. The summed E-state index contributed by atoms with van der Waals surface area (Å²) in [7, 11) is -4.24. The van der Waals surface area contributed by atoms with Gasteiger partial charge in [0, 0.05) is 6.54 Å². The summed E-state index contributed by atoms with van der Waals surface area (Å²) in [5.41, 5.74) is -1.23. The van der Waals surface area contributed by atoms with Crippen molar-refractivity contribution in [2.45, 2.75) is 30.8 Å². The van der Waals surface area contributed by atoms with Gasteiger partial charge >= 0.3 is 6.18 Å². The molecule has 0 heterocycles. The van der Waals surface area contributed by atoms with Crippen molar-refractivity contribution in [3.63, 3.8) is 0 Å². The van der Waals surface area contributed by atoms with E-state index in [1.807, 2.05) is 6.92 Å². The Balaban J connectivity index is 2.44. The van der Waals surface area contributed by atoms with Crippen LogP contribution in [0.25, 0.3) is 0 Å². The van der Waals surface area contributed by atoms with Crippen molar-refractivity contribution in [1.82, 2.24) is 5.32 Å². The summed E-state index contributed by atoms with van der Waals surface area (Å²) in [4.78, 5) is 12.1. The number of carbonyl (C=O) groups is 1. The van der Waals surface area contributed by atoms with Crippen molar-refractivity contribution >= 4 is 21.6 Å². The molecule has 2 aromatic carbocycles. The Bertz CT molecular complexity index is 900. The molecule has 5 nitrogen and oxygen atoms in total. The van der Waals surface area contributed by atoms with Crippen molar-refractivity contribution in [1.29, 1.82) is 0 Å². The number of amides is 1. The van der Waals surface area contributed by atoms with Gasteiger partial charge in [-0.1, -0.05) is 37.6 Å². The van der Waals surface area contributed by atoms with Crippen molar-refractivity contribution < 1.29 is 26.4 Å². The SMILES string of the molecule is CCCCNC(=O)CN(c1cccc(C(F)(F)F)c1)S(=O)(=O)c1ccccc1. The van der Waals surface area contributed by atoms with E-state index in [1.54, 1.807) is 6.07 Å². The molecule has 0 aliphatic carbocycles. The van der Waals surface area contributed by atoms with E-state index in [-0.39, 0.29) is 10.6 Å². The van der Waals surface area contributed by atoms with Crippen LogP contribution < -0.4 is 9.62 Å². The number of anilines is 1. The van der Waals surface area contributed by atoms with Crippen LogP contribution in [-0.2, 0) is 21.0 Å². The van der Waals surface area contributed by atoms with Gasteiger partial charge in [-0.15, -0.1) is 0 Å². The minimum atomic E-state index is -4.64. The molecule has 0 saturated carbocycles. The van der Waals surface area contributed by atoms with Crippen LogP contribution in [0.15, 0.2) is 59.5 Å². The Kier molecular flexibility index (Phi) is 7.06. The van der Waals surface area contributed by atoms with E-state index in [2.05, 4.69) is 5.32 Å². The summed E-state index contributed by atoms with van der Waals surface area (Å²) in [6.45, 7) is 1.67. The number of unbranched alkanes of at least 4 members (excludes halogenated alkanes) is 1. The number of benzene rings is 2. The summed E-state index contributed by atoms with van der Waals surface area (Å²) in [6.07, 6.45) is -3.09. The topological polar surface area (TPSA) is 66.5 Å². The van der Waals surface area contributed by atoms with E-state index in [0.717, 1.165) is 24.6 Å². The fourth-order valence-corrected chi connectivity index (χ4v) is 3.90. The van der Waals surface area contributed by atoms with Gasteiger partial charge in [0.2, 0.25) is 5.91 Å². The smallest absolute Gasteiger partial charge is 0.355 e. The van der Waals surface area contributed by atoms with Gasteiger partial charge in [0.1, 0.15) is 6.54 Å². The Morgan fingerprint density at radius 3 is 2.36 bits per heavy atom. The predicted octanol–water partition coefficient (Wildman–Crippen LogP) is 3.82. The zero-order chi connectivity index (χ0) is 20.8. The van der Waals surface area contributed by atoms with Crippen LogP contribution in [0.5, 0.6) is 0 Å². The van der Waals surface area contributed by atoms with Crippen LogP contribution in [0.3, 0.4) is 0 Å². The molecule has 0 saturated heterocycles. The molecule has 0 fully saturated rings. The molecule has 0 aliphatic rings. The molecule has 0 aromatic heterocycles. The fourth-order valence-electron chi connectivity index (χ4n) is 2.46. The molecule has 152 valence electrons. The third kappa shape index (κ3) is 5.48. The zero-order valence-electron chi connectivity index (χ0n) is 15.2. The van der Waals surface area contributed by atoms with Crippen molar-refractivity contribution in [2.24, 2.45) is 0 Å². The monoisotopic (exact) mass is 414 g/mol. The molecular formula is C19H21F3N2O3S. The lowest BCUT2D eigenvalue weighted by atomic mass is 10.2. The number of nitrogens with one attached hydrogen (secondary N) is 1. The van der Waals surface area contributed by atoms with E-state index >= 15 is 0 Å². The van der Waals surface area contributed by atoms with Crippen LogP contribution >= 0.6 is 0 Å². The van der Waals surface area contributed by atoms with Gasteiger partial charge in [-0.05, 0) is 36.8 Å². The van der Waals surface area contributed by atoms with Crippen molar-refractivity contribution in [3.8, 4) is 0 Å². The van der Waals surface area contributed by atoms with E-state index in [0.29, 0.717) is 17.3 Å². The predicted molar refractivity (Wildman–Crippen MR) is 100 cm³/mol. The highest BCUT2D eigenvalue weighted by Crippen LogP contribution is 2.33. The number of halogens is 3. The standard InChI is InChI=1S/C19H21F3N2O3S/c1-2-3-12-23-18(25)14-24(28(26,27)17-10-5-4-6-11-17)16-9-7-8-15(13-16)19(20,21)22/h4-11,13H,2-3,12,14H2,1H3,(H,23,25). The molecule has 0 bridgehead atoms. The second-order valence-electron chi connectivity index (χ2n) is 6.08. The molecule has 28 heavy (non-hydrogen) atoms. The maximum Gasteiger partial charge on any atom is 0.416 e. The molecule has 1 N–H and O–H groups in total. The third-order valence-corrected chi connectivity index (χ3v) is 5.72. The van der Waals surface area contributed by atoms with Crippen LogP contribution in [0.1, 0.15) is 25.3 Å². The third-order valence-electron chi connectivity index (χ3n) is 3.93. The highest BCUT2D eigenvalue weighted by atomic mass is 32.2. The lowest BCUT2D eigenvalue weighted by Crippen LogP contribution is -2.41. The number of hydrogen-bond donors (Lipinski definition) is 1. The quantitative estimate of drug-likeness (QED) is 0.668. The first-order valence-electron chi connectivity index (χ1n) is 8.68. The van der Waals surface area contributed by atoms with Crippen LogP contribution in [-0.4, -0.2) is 27.4 Å². The average molecular weight is 414 g/mol. The van der Waals surface area contributed by atoms with E-state index in [9.17, 15) is 26.4 Å². The number of nitrogens with zero attached hydrogens (tertiary/aromatic N) is 1. The van der Waals surface area contributed by atoms with E-state index in [1.165, 1.54) is 30.3 Å². The summed E-state index contributed by atoms with van der Waals surface area (Å²) in [6, 6.07) is 11.2. The summed E-state index contributed by atoms with van der Waals surface area (Å²) in [5.74, 6) is -0.592. The molecule has 0 aliphatic heterocycles. The second kappa shape index (κ2) is 9.09. The van der Waals surface area contributed by atoms with Crippen LogP contribution in [0.4, 0.5) is 18.9 Å². The van der Waals surface area contributed by atoms with Crippen molar-refractivity contribution in [2.75, 3.05) is 17.4 Å². The Morgan fingerprint density at radius 1 is 1.07 bits per heavy atom. The largest absolute Gasteiger partial charge is 0.416 e. The number of alkyl halides is 3.